The van der Waals surface area contributed by atoms with E-state index < -0.39 is 0 Å². The minimum atomic E-state index is -0.140. The third-order valence-electron chi connectivity index (χ3n) is 3.51. The molecule has 0 aromatic carbocycles. The fraction of sp³-hybridized carbons (Fsp3) is 0.714. The molecule has 0 radical (unpaired) electrons. The van der Waals surface area contributed by atoms with Gasteiger partial charge in [-0.3, -0.25) is 4.79 Å². The second-order valence-corrected chi connectivity index (χ2v) is 5.86. The molecule has 1 aliphatic rings. The number of hydrogen-bond donors (Lipinski definition) is 2. The van der Waals surface area contributed by atoms with Crippen molar-refractivity contribution in [1.82, 2.24) is 10.5 Å². The van der Waals surface area contributed by atoms with Crippen LogP contribution in [-0.4, -0.2) is 23.1 Å². The van der Waals surface area contributed by atoms with Crippen molar-refractivity contribution in [3.8, 4) is 0 Å². The Labute approximate surface area is 113 Å². The second kappa shape index (κ2) is 6.19. The summed E-state index contributed by atoms with van der Waals surface area (Å²) in [6, 6.07) is 2.25. The molecule has 19 heavy (non-hydrogen) atoms. The molecule has 0 saturated heterocycles. The highest BCUT2D eigenvalue weighted by Gasteiger charge is 2.22. The first-order chi connectivity index (χ1) is 9.04. The number of nitrogens with zero attached hydrogens (tertiary/aromatic N) is 1. The zero-order valence-electron chi connectivity index (χ0n) is 11.7. The Morgan fingerprint density at radius 3 is 2.79 bits per heavy atom. The smallest absolute Gasteiger partial charge is 0.273 e. The summed E-state index contributed by atoms with van der Waals surface area (Å²) in [6.07, 6.45) is 4.65. The predicted octanol–water partition coefficient (Wildman–Crippen LogP) is 1.87. The summed E-state index contributed by atoms with van der Waals surface area (Å²) in [5, 5.41) is 6.84. The molecule has 1 heterocycles. The first-order valence-corrected chi connectivity index (χ1v) is 7.06. The minimum absolute atomic E-state index is 0.140. The number of hydrogen-bond acceptors (Lipinski definition) is 4. The van der Waals surface area contributed by atoms with Crippen LogP contribution in [-0.2, 0) is 6.42 Å². The third-order valence-corrected chi connectivity index (χ3v) is 3.51. The SMILES string of the molecule is CC(C)Cc1cc(C(=O)NC2CCC(N)CC2)no1. The zero-order valence-corrected chi connectivity index (χ0v) is 11.7. The molecule has 3 N–H and O–H groups in total. The Hall–Kier alpha value is -1.36. The molecule has 0 unspecified atom stereocenters. The van der Waals surface area contributed by atoms with E-state index in [4.69, 9.17) is 10.3 Å². The summed E-state index contributed by atoms with van der Waals surface area (Å²) in [5.41, 5.74) is 6.23. The summed E-state index contributed by atoms with van der Waals surface area (Å²) < 4.78 is 5.17. The lowest BCUT2D eigenvalue weighted by molar-refractivity contribution is 0.0916. The predicted molar refractivity (Wildman–Crippen MR) is 72.7 cm³/mol. The van der Waals surface area contributed by atoms with Gasteiger partial charge in [0.25, 0.3) is 5.91 Å². The summed E-state index contributed by atoms with van der Waals surface area (Å²) in [6.45, 7) is 4.21. The number of carbonyl (C=O) groups is 1. The Bertz CT molecular complexity index is 420. The van der Waals surface area contributed by atoms with Crippen LogP contribution >= 0.6 is 0 Å². The van der Waals surface area contributed by atoms with Crippen molar-refractivity contribution in [3.63, 3.8) is 0 Å². The molecule has 1 aliphatic carbocycles. The van der Waals surface area contributed by atoms with Gasteiger partial charge in [0.05, 0.1) is 0 Å². The van der Waals surface area contributed by atoms with E-state index in [1.807, 2.05) is 0 Å². The molecule has 1 aromatic rings. The van der Waals surface area contributed by atoms with Crippen LogP contribution in [0.3, 0.4) is 0 Å². The van der Waals surface area contributed by atoms with E-state index >= 15 is 0 Å². The highest BCUT2D eigenvalue weighted by molar-refractivity contribution is 5.92. The average molecular weight is 265 g/mol. The maximum Gasteiger partial charge on any atom is 0.273 e. The van der Waals surface area contributed by atoms with Gasteiger partial charge >= 0.3 is 0 Å². The van der Waals surface area contributed by atoms with Gasteiger partial charge in [-0.25, -0.2) is 0 Å². The number of amides is 1. The zero-order chi connectivity index (χ0) is 13.8. The van der Waals surface area contributed by atoms with Gasteiger partial charge in [-0.15, -0.1) is 0 Å². The van der Waals surface area contributed by atoms with Crippen molar-refractivity contribution >= 4 is 5.91 Å². The van der Waals surface area contributed by atoms with Crippen molar-refractivity contribution in [2.75, 3.05) is 0 Å². The number of aromatic nitrogens is 1. The van der Waals surface area contributed by atoms with Crippen molar-refractivity contribution < 1.29 is 9.32 Å². The molecular formula is C14H23N3O2. The lowest BCUT2D eigenvalue weighted by atomic mass is 9.92. The molecule has 0 atom stereocenters. The lowest BCUT2D eigenvalue weighted by Gasteiger charge is -2.26. The van der Waals surface area contributed by atoms with Crippen LogP contribution in [0.15, 0.2) is 10.6 Å². The van der Waals surface area contributed by atoms with E-state index in [1.54, 1.807) is 6.07 Å². The molecule has 5 nitrogen and oxygen atoms in total. The molecule has 1 saturated carbocycles. The molecule has 106 valence electrons. The van der Waals surface area contributed by atoms with Gasteiger partial charge in [0, 0.05) is 24.6 Å². The van der Waals surface area contributed by atoms with E-state index in [-0.39, 0.29) is 18.0 Å². The van der Waals surface area contributed by atoms with Gasteiger partial charge in [0.2, 0.25) is 0 Å². The molecule has 1 amide bonds. The largest absolute Gasteiger partial charge is 0.361 e. The molecular weight excluding hydrogens is 242 g/mol. The van der Waals surface area contributed by atoms with E-state index in [9.17, 15) is 4.79 Å². The monoisotopic (exact) mass is 265 g/mol. The summed E-state index contributed by atoms with van der Waals surface area (Å²) in [4.78, 5) is 12.0. The van der Waals surface area contributed by atoms with Gasteiger partial charge < -0.3 is 15.6 Å². The number of rotatable bonds is 4. The topological polar surface area (TPSA) is 81.2 Å². The standard InChI is InChI=1S/C14H23N3O2/c1-9(2)7-12-8-13(17-19-12)14(18)16-11-5-3-10(15)4-6-11/h8-11H,3-7,15H2,1-2H3,(H,16,18). The Balaban J connectivity index is 1.87. The average Bonchev–Trinajstić information content (AvgIpc) is 2.80. The highest BCUT2D eigenvalue weighted by Crippen LogP contribution is 2.17. The van der Waals surface area contributed by atoms with Gasteiger partial charge in [0.15, 0.2) is 5.69 Å². The number of nitrogens with two attached hydrogens (primary N) is 1. The highest BCUT2D eigenvalue weighted by atomic mass is 16.5. The van der Waals surface area contributed by atoms with Crippen molar-refractivity contribution in [1.29, 1.82) is 0 Å². The minimum Gasteiger partial charge on any atom is -0.361 e. The van der Waals surface area contributed by atoms with E-state index in [1.165, 1.54) is 0 Å². The van der Waals surface area contributed by atoms with Crippen molar-refractivity contribution in [3.05, 3.63) is 17.5 Å². The van der Waals surface area contributed by atoms with Gasteiger partial charge in [-0.1, -0.05) is 19.0 Å². The van der Waals surface area contributed by atoms with Crippen LogP contribution in [0, 0.1) is 5.92 Å². The second-order valence-electron chi connectivity index (χ2n) is 5.86. The van der Waals surface area contributed by atoms with Crippen LogP contribution in [0.25, 0.3) is 0 Å². The van der Waals surface area contributed by atoms with Crippen molar-refractivity contribution in [2.45, 2.75) is 58.0 Å². The Morgan fingerprint density at radius 2 is 2.16 bits per heavy atom. The quantitative estimate of drug-likeness (QED) is 0.870. The first-order valence-electron chi connectivity index (χ1n) is 7.06. The summed E-state index contributed by atoms with van der Waals surface area (Å²) in [5.74, 6) is 1.12. The molecule has 5 heteroatoms. The van der Waals surface area contributed by atoms with E-state index in [2.05, 4.69) is 24.3 Å². The van der Waals surface area contributed by atoms with Crippen LogP contribution in [0.2, 0.25) is 0 Å². The summed E-state index contributed by atoms with van der Waals surface area (Å²) >= 11 is 0. The van der Waals surface area contributed by atoms with Gasteiger partial charge in [-0.2, -0.15) is 0 Å². The fourth-order valence-electron chi connectivity index (χ4n) is 2.44. The van der Waals surface area contributed by atoms with Crippen LogP contribution in [0.1, 0.15) is 55.8 Å². The molecule has 1 fully saturated rings. The lowest BCUT2D eigenvalue weighted by Crippen LogP contribution is -2.40. The van der Waals surface area contributed by atoms with E-state index in [0.717, 1.165) is 37.9 Å². The number of carbonyl (C=O) groups excluding carboxylic acids is 1. The maximum atomic E-state index is 12.0. The fourth-order valence-corrected chi connectivity index (χ4v) is 2.44. The van der Waals surface area contributed by atoms with Crippen LogP contribution < -0.4 is 11.1 Å². The normalized spacial score (nSPS) is 23.6. The Morgan fingerprint density at radius 1 is 1.47 bits per heavy atom. The first kappa shape index (κ1) is 14.1. The molecule has 1 aromatic heterocycles. The van der Waals surface area contributed by atoms with Gasteiger partial charge in [0.1, 0.15) is 5.76 Å². The Kier molecular flexibility index (Phi) is 4.58. The molecule has 0 bridgehead atoms. The van der Waals surface area contributed by atoms with Gasteiger partial charge in [-0.05, 0) is 31.6 Å². The van der Waals surface area contributed by atoms with E-state index in [0.29, 0.717) is 11.6 Å². The maximum absolute atomic E-state index is 12.0. The third kappa shape index (κ3) is 4.06. The molecule has 0 spiro atoms. The molecule has 2 rings (SSSR count). The van der Waals surface area contributed by atoms with Crippen LogP contribution in [0.4, 0.5) is 0 Å². The van der Waals surface area contributed by atoms with Crippen molar-refractivity contribution in [2.24, 2.45) is 11.7 Å². The van der Waals surface area contributed by atoms with Crippen LogP contribution in [0.5, 0.6) is 0 Å². The summed E-state index contributed by atoms with van der Waals surface area (Å²) in [7, 11) is 0. The molecule has 0 aliphatic heterocycles. The number of nitrogens with one attached hydrogen (secondary N) is 1.